The number of aromatic nitrogens is 2. The largest absolute Gasteiger partial charge is 0.338 e. The molecule has 0 saturated carbocycles. The summed E-state index contributed by atoms with van der Waals surface area (Å²) in [5.41, 5.74) is 0. The highest BCUT2D eigenvalue weighted by atomic mass is 32.2. The van der Waals surface area contributed by atoms with E-state index < -0.39 is 10.0 Å². The van der Waals surface area contributed by atoms with E-state index >= 15 is 0 Å². The molecule has 1 aliphatic heterocycles. The first-order valence-corrected chi connectivity index (χ1v) is 8.86. The third-order valence-electron chi connectivity index (χ3n) is 3.63. The van der Waals surface area contributed by atoms with Crippen molar-refractivity contribution in [2.24, 2.45) is 0 Å². The lowest BCUT2D eigenvalue weighted by Gasteiger charge is -2.33. The third-order valence-corrected chi connectivity index (χ3v) is 5.42. The molecular weight excluding hydrogens is 306 g/mol. The van der Waals surface area contributed by atoms with Gasteiger partial charge in [-0.3, -0.25) is 0 Å². The minimum atomic E-state index is -3.59. The monoisotopic (exact) mass is 329 g/mol. The molecular formula is C13H23N5O3S. The molecule has 124 valence electrons. The molecule has 0 aliphatic carbocycles. The van der Waals surface area contributed by atoms with Gasteiger partial charge in [-0.05, 0) is 20.8 Å². The molecule has 2 rings (SSSR count). The minimum absolute atomic E-state index is 0.0626. The van der Waals surface area contributed by atoms with Gasteiger partial charge in [0, 0.05) is 45.0 Å². The minimum Gasteiger partial charge on any atom is -0.338 e. The maximum absolute atomic E-state index is 12.6. The van der Waals surface area contributed by atoms with Crippen LogP contribution in [0.4, 0.5) is 4.79 Å². The van der Waals surface area contributed by atoms with Crippen molar-refractivity contribution in [2.45, 2.75) is 31.8 Å². The number of rotatable bonds is 4. The van der Waals surface area contributed by atoms with Crippen molar-refractivity contribution in [1.82, 2.24) is 24.1 Å². The standard InChI is InChI=1S/C13H23N5O3S/c1-4-14-13(19)16-5-7-18(8-6-16)22(20,21)12-9-17(10-15-12)11(2)3/h9-11H,4-8H2,1-3H3,(H,14,19). The molecule has 0 unspecified atom stereocenters. The lowest BCUT2D eigenvalue weighted by Crippen LogP contribution is -2.53. The summed E-state index contributed by atoms with van der Waals surface area (Å²) in [5.74, 6) is 0. The van der Waals surface area contributed by atoms with E-state index in [4.69, 9.17) is 0 Å². The van der Waals surface area contributed by atoms with Crippen LogP contribution in [-0.2, 0) is 10.0 Å². The Labute approximate surface area is 131 Å². The fourth-order valence-electron chi connectivity index (χ4n) is 2.26. The van der Waals surface area contributed by atoms with Gasteiger partial charge in [-0.1, -0.05) is 0 Å². The Morgan fingerprint density at radius 2 is 1.95 bits per heavy atom. The summed E-state index contributed by atoms with van der Waals surface area (Å²) in [6.07, 6.45) is 3.08. The van der Waals surface area contributed by atoms with Crippen LogP contribution in [0, 0.1) is 0 Å². The predicted molar refractivity (Wildman–Crippen MR) is 82.0 cm³/mol. The lowest BCUT2D eigenvalue weighted by molar-refractivity contribution is 0.173. The quantitative estimate of drug-likeness (QED) is 0.871. The molecule has 1 aromatic rings. The van der Waals surface area contributed by atoms with E-state index in [0.29, 0.717) is 19.6 Å². The molecule has 0 bridgehead atoms. The molecule has 1 saturated heterocycles. The number of imidazole rings is 1. The van der Waals surface area contributed by atoms with Crippen molar-refractivity contribution in [3.63, 3.8) is 0 Å². The topological polar surface area (TPSA) is 87.5 Å². The van der Waals surface area contributed by atoms with Gasteiger partial charge >= 0.3 is 6.03 Å². The SMILES string of the molecule is CCNC(=O)N1CCN(S(=O)(=O)c2cn(C(C)C)cn2)CC1. The van der Waals surface area contributed by atoms with Crippen molar-refractivity contribution >= 4 is 16.1 Å². The van der Waals surface area contributed by atoms with Crippen LogP contribution in [0.15, 0.2) is 17.6 Å². The number of amides is 2. The van der Waals surface area contributed by atoms with E-state index in [1.807, 2.05) is 20.8 Å². The molecule has 0 atom stereocenters. The fraction of sp³-hybridized carbons (Fsp3) is 0.692. The van der Waals surface area contributed by atoms with Gasteiger partial charge in [0.25, 0.3) is 10.0 Å². The van der Waals surface area contributed by atoms with Gasteiger partial charge in [0.1, 0.15) is 0 Å². The summed E-state index contributed by atoms with van der Waals surface area (Å²) >= 11 is 0. The maximum Gasteiger partial charge on any atom is 0.317 e. The molecule has 0 spiro atoms. The molecule has 9 heteroatoms. The summed E-state index contributed by atoms with van der Waals surface area (Å²) in [6, 6.07) is 0.00895. The van der Waals surface area contributed by atoms with E-state index in [9.17, 15) is 13.2 Å². The molecule has 1 aliphatic rings. The summed E-state index contributed by atoms with van der Waals surface area (Å²) in [7, 11) is -3.59. The third kappa shape index (κ3) is 3.41. The van der Waals surface area contributed by atoms with E-state index in [1.54, 1.807) is 15.7 Å². The summed E-state index contributed by atoms with van der Waals surface area (Å²) in [5, 5.41) is 2.78. The van der Waals surface area contributed by atoms with Gasteiger partial charge in [-0.25, -0.2) is 18.2 Å². The Kier molecular flexibility index (Phi) is 5.07. The smallest absolute Gasteiger partial charge is 0.317 e. The number of hydrogen-bond acceptors (Lipinski definition) is 4. The second-order valence-corrected chi connectivity index (χ2v) is 7.36. The normalized spacial score (nSPS) is 17.0. The van der Waals surface area contributed by atoms with Crippen molar-refractivity contribution in [1.29, 1.82) is 0 Å². The highest BCUT2D eigenvalue weighted by Gasteiger charge is 2.31. The number of carbonyl (C=O) groups is 1. The van der Waals surface area contributed by atoms with Crippen LogP contribution < -0.4 is 5.32 Å². The maximum atomic E-state index is 12.6. The van der Waals surface area contributed by atoms with Gasteiger partial charge in [-0.15, -0.1) is 0 Å². The molecule has 0 aromatic carbocycles. The number of carbonyl (C=O) groups excluding carboxylic acids is 1. The highest BCUT2D eigenvalue weighted by molar-refractivity contribution is 7.89. The Morgan fingerprint density at radius 3 is 2.45 bits per heavy atom. The fourth-order valence-corrected chi connectivity index (χ4v) is 3.60. The molecule has 2 heterocycles. The van der Waals surface area contributed by atoms with E-state index in [0.717, 1.165) is 0 Å². The molecule has 0 radical (unpaired) electrons. The number of urea groups is 1. The summed E-state index contributed by atoms with van der Waals surface area (Å²) in [4.78, 5) is 17.4. The van der Waals surface area contributed by atoms with Crippen LogP contribution in [0.2, 0.25) is 0 Å². The second-order valence-electron chi connectivity index (χ2n) is 5.48. The van der Waals surface area contributed by atoms with Crippen molar-refractivity contribution in [3.8, 4) is 0 Å². The first kappa shape index (κ1) is 16.8. The van der Waals surface area contributed by atoms with Crippen molar-refractivity contribution < 1.29 is 13.2 Å². The molecule has 8 nitrogen and oxygen atoms in total. The van der Waals surface area contributed by atoms with Gasteiger partial charge in [0.05, 0.1) is 6.33 Å². The Balaban J connectivity index is 2.04. The number of piperazine rings is 1. The van der Waals surface area contributed by atoms with Crippen molar-refractivity contribution in [2.75, 3.05) is 32.7 Å². The Hall–Kier alpha value is -1.61. The average molecular weight is 329 g/mol. The molecule has 1 fully saturated rings. The Morgan fingerprint density at radius 1 is 1.32 bits per heavy atom. The zero-order valence-corrected chi connectivity index (χ0v) is 14.0. The number of hydrogen-bond donors (Lipinski definition) is 1. The number of nitrogens with one attached hydrogen (secondary N) is 1. The Bertz CT molecular complexity index is 617. The highest BCUT2D eigenvalue weighted by Crippen LogP contribution is 2.17. The van der Waals surface area contributed by atoms with E-state index in [2.05, 4.69) is 10.3 Å². The van der Waals surface area contributed by atoms with Crippen LogP contribution in [0.25, 0.3) is 0 Å². The van der Waals surface area contributed by atoms with Crippen LogP contribution >= 0.6 is 0 Å². The van der Waals surface area contributed by atoms with Crippen LogP contribution in [0.5, 0.6) is 0 Å². The predicted octanol–water partition coefficient (Wildman–Crippen LogP) is 0.500. The molecule has 1 aromatic heterocycles. The average Bonchev–Trinajstić information content (AvgIpc) is 2.98. The second kappa shape index (κ2) is 6.66. The van der Waals surface area contributed by atoms with Crippen LogP contribution in [0.1, 0.15) is 26.8 Å². The van der Waals surface area contributed by atoms with Crippen LogP contribution in [0.3, 0.4) is 0 Å². The lowest BCUT2D eigenvalue weighted by atomic mass is 10.4. The molecule has 1 N–H and O–H groups in total. The van der Waals surface area contributed by atoms with E-state index in [-0.39, 0.29) is 30.2 Å². The van der Waals surface area contributed by atoms with Gasteiger partial charge in [-0.2, -0.15) is 4.31 Å². The first-order chi connectivity index (χ1) is 10.4. The zero-order chi connectivity index (χ0) is 16.3. The summed E-state index contributed by atoms with van der Waals surface area (Å²) < 4.78 is 28.3. The molecule has 22 heavy (non-hydrogen) atoms. The summed E-state index contributed by atoms with van der Waals surface area (Å²) in [6.45, 7) is 7.67. The van der Waals surface area contributed by atoms with Gasteiger partial charge in [0.15, 0.2) is 5.03 Å². The first-order valence-electron chi connectivity index (χ1n) is 7.42. The van der Waals surface area contributed by atoms with Crippen molar-refractivity contribution in [3.05, 3.63) is 12.5 Å². The number of nitrogens with zero attached hydrogens (tertiary/aromatic N) is 4. The molecule has 2 amide bonds. The van der Waals surface area contributed by atoms with E-state index in [1.165, 1.54) is 10.6 Å². The van der Waals surface area contributed by atoms with Gasteiger partial charge in [0.2, 0.25) is 0 Å². The number of sulfonamides is 1. The van der Waals surface area contributed by atoms with Gasteiger partial charge < -0.3 is 14.8 Å². The zero-order valence-electron chi connectivity index (χ0n) is 13.2. The van der Waals surface area contributed by atoms with Crippen LogP contribution in [-0.4, -0.2) is 65.9 Å².